The summed E-state index contributed by atoms with van der Waals surface area (Å²) in [4.78, 5) is 11.1. The van der Waals surface area contributed by atoms with Crippen LogP contribution < -0.4 is 0 Å². The minimum Gasteiger partial charge on any atom is -0.294 e. The SMILES string of the molecule is O=C(C=Cc1ccc(F)c2ccccc12)CCl. The molecule has 17 heavy (non-hydrogen) atoms. The van der Waals surface area contributed by atoms with Crippen molar-refractivity contribution in [2.45, 2.75) is 0 Å². The van der Waals surface area contributed by atoms with Crippen LogP contribution in [0.3, 0.4) is 0 Å². The highest BCUT2D eigenvalue weighted by Crippen LogP contribution is 2.22. The van der Waals surface area contributed by atoms with Crippen molar-refractivity contribution >= 4 is 34.2 Å². The second kappa shape index (κ2) is 5.11. The maximum atomic E-state index is 13.5. The molecule has 0 N–H and O–H groups in total. The Balaban J connectivity index is 2.52. The van der Waals surface area contributed by atoms with Gasteiger partial charge in [0.2, 0.25) is 0 Å². The van der Waals surface area contributed by atoms with Gasteiger partial charge in [0.1, 0.15) is 5.82 Å². The second-order valence-corrected chi connectivity index (χ2v) is 3.88. The number of halogens is 2. The predicted molar refractivity (Wildman–Crippen MR) is 68.7 cm³/mol. The number of alkyl halides is 1. The second-order valence-electron chi connectivity index (χ2n) is 3.62. The van der Waals surface area contributed by atoms with Gasteiger partial charge in [-0.2, -0.15) is 0 Å². The van der Waals surface area contributed by atoms with Crippen LogP contribution in [0.2, 0.25) is 0 Å². The van der Waals surface area contributed by atoms with E-state index in [1.165, 1.54) is 12.1 Å². The maximum absolute atomic E-state index is 13.5. The molecule has 2 aromatic rings. The smallest absolute Gasteiger partial charge is 0.170 e. The molecule has 0 saturated carbocycles. The molecule has 86 valence electrons. The third-order valence-electron chi connectivity index (χ3n) is 2.49. The van der Waals surface area contributed by atoms with Gasteiger partial charge in [-0.3, -0.25) is 4.79 Å². The van der Waals surface area contributed by atoms with Gasteiger partial charge < -0.3 is 0 Å². The van der Waals surface area contributed by atoms with E-state index in [4.69, 9.17) is 11.6 Å². The third-order valence-corrected chi connectivity index (χ3v) is 2.75. The monoisotopic (exact) mass is 248 g/mol. The fourth-order valence-electron chi connectivity index (χ4n) is 1.66. The summed E-state index contributed by atoms with van der Waals surface area (Å²) < 4.78 is 13.5. The van der Waals surface area contributed by atoms with Crippen LogP contribution in [0.25, 0.3) is 16.8 Å². The third kappa shape index (κ3) is 2.53. The first-order chi connectivity index (χ1) is 8.22. The molecule has 0 atom stereocenters. The minimum atomic E-state index is -0.263. The maximum Gasteiger partial charge on any atom is 0.170 e. The Morgan fingerprint density at radius 2 is 1.88 bits per heavy atom. The van der Waals surface area contributed by atoms with Gasteiger partial charge in [-0.1, -0.05) is 36.4 Å². The summed E-state index contributed by atoms with van der Waals surface area (Å²) in [5.74, 6) is -0.475. The van der Waals surface area contributed by atoms with Crippen LogP contribution in [-0.2, 0) is 4.79 Å². The lowest BCUT2D eigenvalue weighted by molar-refractivity contribution is -0.112. The van der Waals surface area contributed by atoms with E-state index in [0.717, 1.165) is 10.9 Å². The highest BCUT2D eigenvalue weighted by Gasteiger charge is 2.03. The molecule has 0 spiro atoms. The van der Waals surface area contributed by atoms with Crippen molar-refractivity contribution in [2.75, 3.05) is 5.88 Å². The summed E-state index contributed by atoms with van der Waals surface area (Å²) in [6, 6.07) is 10.2. The quantitative estimate of drug-likeness (QED) is 0.596. The van der Waals surface area contributed by atoms with Crippen LogP contribution in [0, 0.1) is 5.82 Å². The van der Waals surface area contributed by atoms with E-state index in [0.29, 0.717) is 5.39 Å². The van der Waals surface area contributed by atoms with Crippen LogP contribution in [0.4, 0.5) is 4.39 Å². The summed E-state index contributed by atoms with van der Waals surface area (Å²) in [5.41, 5.74) is 0.806. The van der Waals surface area contributed by atoms with Gasteiger partial charge in [0.05, 0.1) is 5.88 Å². The van der Waals surface area contributed by atoms with Gasteiger partial charge in [0.25, 0.3) is 0 Å². The zero-order chi connectivity index (χ0) is 12.3. The number of benzene rings is 2. The van der Waals surface area contributed by atoms with Gasteiger partial charge in [0.15, 0.2) is 5.78 Å². The molecule has 0 bridgehead atoms. The molecule has 0 fully saturated rings. The zero-order valence-electron chi connectivity index (χ0n) is 8.99. The van der Waals surface area contributed by atoms with E-state index in [1.807, 2.05) is 12.1 Å². The van der Waals surface area contributed by atoms with Gasteiger partial charge in [-0.05, 0) is 23.1 Å². The molecule has 1 nitrogen and oxygen atoms in total. The highest BCUT2D eigenvalue weighted by molar-refractivity contribution is 6.29. The van der Waals surface area contributed by atoms with E-state index in [2.05, 4.69) is 0 Å². The molecular formula is C14H10ClFO. The van der Waals surface area contributed by atoms with Gasteiger partial charge >= 0.3 is 0 Å². The molecule has 0 amide bonds. The van der Waals surface area contributed by atoms with Crippen LogP contribution >= 0.6 is 11.6 Å². The van der Waals surface area contributed by atoms with Crippen LogP contribution in [0.1, 0.15) is 5.56 Å². The molecule has 0 aromatic heterocycles. The Morgan fingerprint density at radius 1 is 1.18 bits per heavy atom. The number of carbonyl (C=O) groups is 1. The fourth-order valence-corrected chi connectivity index (χ4v) is 1.75. The predicted octanol–water partition coefficient (Wildman–Crippen LogP) is 3.80. The number of rotatable bonds is 3. The summed E-state index contributed by atoms with van der Waals surface area (Å²) >= 11 is 5.40. The molecule has 0 radical (unpaired) electrons. The van der Waals surface area contributed by atoms with Crippen molar-refractivity contribution in [3.63, 3.8) is 0 Å². The Kier molecular flexibility index (Phi) is 3.55. The average molecular weight is 249 g/mol. The van der Waals surface area contributed by atoms with E-state index in [-0.39, 0.29) is 17.5 Å². The lowest BCUT2D eigenvalue weighted by Crippen LogP contribution is -1.92. The zero-order valence-corrected chi connectivity index (χ0v) is 9.75. The topological polar surface area (TPSA) is 17.1 Å². The first-order valence-corrected chi connectivity index (χ1v) is 5.70. The van der Waals surface area contributed by atoms with Crippen LogP contribution in [0.5, 0.6) is 0 Å². The number of carbonyl (C=O) groups excluding carboxylic acids is 1. The summed E-state index contributed by atoms with van der Waals surface area (Å²) in [7, 11) is 0. The number of ketones is 1. The molecule has 0 aliphatic heterocycles. The molecule has 0 saturated heterocycles. The van der Waals surface area contributed by atoms with Gasteiger partial charge in [0, 0.05) is 5.39 Å². The van der Waals surface area contributed by atoms with Crippen molar-refractivity contribution in [3.05, 3.63) is 53.9 Å². The number of fused-ring (bicyclic) bond motifs is 1. The fraction of sp³-hybridized carbons (Fsp3) is 0.0714. The Hall–Kier alpha value is -1.67. The number of hydrogen-bond donors (Lipinski definition) is 0. The van der Waals surface area contributed by atoms with Crippen molar-refractivity contribution < 1.29 is 9.18 Å². The molecule has 0 aliphatic carbocycles. The molecule has 2 aromatic carbocycles. The lowest BCUT2D eigenvalue weighted by atomic mass is 10.0. The molecule has 0 heterocycles. The van der Waals surface area contributed by atoms with E-state index >= 15 is 0 Å². The van der Waals surface area contributed by atoms with E-state index < -0.39 is 0 Å². The summed E-state index contributed by atoms with van der Waals surface area (Å²) in [6.07, 6.45) is 3.07. The number of hydrogen-bond acceptors (Lipinski definition) is 1. The largest absolute Gasteiger partial charge is 0.294 e. The van der Waals surface area contributed by atoms with Gasteiger partial charge in [-0.15, -0.1) is 11.6 Å². The molecule has 2 rings (SSSR count). The van der Waals surface area contributed by atoms with Crippen molar-refractivity contribution in [2.24, 2.45) is 0 Å². The van der Waals surface area contributed by atoms with Crippen LogP contribution in [0.15, 0.2) is 42.5 Å². The normalized spacial score (nSPS) is 11.2. The lowest BCUT2D eigenvalue weighted by Gasteiger charge is -2.03. The summed E-state index contributed by atoms with van der Waals surface area (Å²) in [5, 5.41) is 1.33. The molecule has 3 heteroatoms. The first-order valence-electron chi connectivity index (χ1n) is 5.16. The molecule has 0 aliphatic rings. The van der Waals surface area contributed by atoms with Gasteiger partial charge in [-0.25, -0.2) is 4.39 Å². The Bertz CT molecular complexity index is 590. The van der Waals surface area contributed by atoms with E-state index in [9.17, 15) is 9.18 Å². The minimum absolute atomic E-state index is 0.0460. The summed E-state index contributed by atoms with van der Waals surface area (Å²) in [6.45, 7) is 0. The first kappa shape index (κ1) is 11.8. The molecule has 0 unspecified atom stereocenters. The Morgan fingerprint density at radius 3 is 2.59 bits per heavy atom. The molecular weight excluding hydrogens is 239 g/mol. The Labute approximate surface area is 104 Å². The van der Waals surface area contributed by atoms with E-state index in [1.54, 1.807) is 24.3 Å². The highest BCUT2D eigenvalue weighted by atomic mass is 35.5. The van der Waals surface area contributed by atoms with Crippen LogP contribution in [-0.4, -0.2) is 11.7 Å². The number of allylic oxidation sites excluding steroid dienone is 1. The standard InChI is InChI=1S/C14H10ClFO/c15-9-11(17)7-5-10-6-8-14(16)13-4-2-1-3-12(10)13/h1-8H,9H2. The van der Waals surface area contributed by atoms with Crippen molar-refractivity contribution in [1.29, 1.82) is 0 Å². The van der Waals surface area contributed by atoms with Crippen molar-refractivity contribution in [1.82, 2.24) is 0 Å². The van der Waals surface area contributed by atoms with Crippen molar-refractivity contribution in [3.8, 4) is 0 Å². The average Bonchev–Trinajstić information content (AvgIpc) is 2.38.